The van der Waals surface area contributed by atoms with Crippen LogP contribution in [0.5, 0.6) is 0 Å². The molecule has 0 amide bonds. The number of hydrogen-bond donors (Lipinski definition) is 0. The van der Waals surface area contributed by atoms with Gasteiger partial charge >= 0.3 is 5.97 Å². The molecule has 7 heteroatoms. The highest BCUT2D eigenvalue weighted by atomic mass is 35.5. The maximum absolute atomic E-state index is 12.5. The van der Waals surface area contributed by atoms with Gasteiger partial charge in [0.1, 0.15) is 5.56 Å². The molecule has 0 aliphatic heterocycles. The smallest absolute Gasteiger partial charge is 0.341 e. The van der Waals surface area contributed by atoms with Crippen LogP contribution in [0, 0.1) is 0 Å². The van der Waals surface area contributed by atoms with E-state index in [-0.39, 0.29) is 12.4 Å². The maximum atomic E-state index is 12.5. The molecular weight excluding hydrogens is 407 g/mol. The Morgan fingerprint density at radius 2 is 1.85 bits per heavy atom. The maximum Gasteiger partial charge on any atom is 0.341 e. The summed E-state index contributed by atoms with van der Waals surface area (Å²) in [5.41, 5.74) is 2.80. The highest BCUT2D eigenvalue weighted by Gasteiger charge is 2.21. The number of carbonyl (C=O) groups is 1. The van der Waals surface area contributed by atoms with Crippen LogP contribution in [0.2, 0.25) is 10.0 Å². The van der Waals surface area contributed by atoms with Gasteiger partial charge in [0.15, 0.2) is 0 Å². The van der Waals surface area contributed by atoms with Crippen molar-refractivity contribution < 1.29 is 21.9 Å². The van der Waals surface area contributed by atoms with Gasteiger partial charge in [-0.05, 0) is 24.6 Å². The van der Waals surface area contributed by atoms with Crippen LogP contribution in [0.25, 0.3) is 10.9 Å². The molecule has 0 fully saturated rings. The van der Waals surface area contributed by atoms with Crippen LogP contribution in [-0.4, -0.2) is 24.6 Å². The van der Waals surface area contributed by atoms with Gasteiger partial charge in [0.25, 0.3) is 0 Å². The summed E-state index contributed by atoms with van der Waals surface area (Å²) in [5, 5.41) is 1.55. The molecule has 0 atom stereocenters. The fourth-order valence-electron chi connectivity index (χ4n) is 2.90. The first-order valence-corrected chi connectivity index (χ1v) is 8.97. The summed E-state index contributed by atoms with van der Waals surface area (Å²) in [4.78, 5) is 18.8. The fraction of sp³-hybridized carbons (Fsp3) is 0.200. The lowest BCUT2D eigenvalue weighted by Gasteiger charge is -2.24. The van der Waals surface area contributed by atoms with Gasteiger partial charge in [-0.1, -0.05) is 53.5 Å². The molecule has 0 spiro atoms. The highest BCUT2D eigenvalue weighted by Crippen LogP contribution is 2.36. The third-order valence-electron chi connectivity index (χ3n) is 4.04. The molecule has 1 aromatic heterocycles. The minimum absolute atomic E-state index is 0. The Labute approximate surface area is 174 Å². The lowest BCUT2D eigenvalue weighted by molar-refractivity contribution is -0.0000232. The van der Waals surface area contributed by atoms with Crippen LogP contribution < -0.4 is 17.3 Å². The Morgan fingerprint density at radius 3 is 2.52 bits per heavy atom. The summed E-state index contributed by atoms with van der Waals surface area (Å²) < 4.78 is 5.21. The van der Waals surface area contributed by atoms with Crippen LogP contribution in [-0.2, 0) is 11.3 Å². The molecule has 4 nitrogen and oxygen atoms in total. The standard InChI is InChI=1S/C20H18Cl2N2O2.ClH/c1-3-26-20(25)15-11-23-18-14(9-10-16(21)17(18)22)19(15)24(2)12-13-7-5-4-6-8-13;/h4-11H,3,12H2,1-2H3;1H/p-1. The SMILES string of the molecule is CCOC(=O)c1cnc2c(Cl)c(Cl)ccc2c1N(C)Cc1ccccc1.[Cl-]. The van der Waals surface area contributed by atoms with Gasteiger partial charge < -0.3 is 22.0 Å². The quantitative estimate of drug-likeness (QED) is 0.590. The third kappa shape index (κ3) is 4.46. The normalized spacial score (nSPS) is 10.4. The second-order valence-electron chi connectivity index (χ2n) is 5.84. The van der Waals surface area contributed by atoms with Gasteiger partial charge in [0, 0.05) is 25.2 Å². The third-order valence-corrected chi connectivity index (χ3v) is 4.84. The summed E-state index contributed by atoms with van der Waals surface area (Å²) in [5.74, 6) is -0.414. The molecular formula is C20H18Cl3N2O2-. The summed E-state index contributed by atoms with van der Waals surface area (Å²) in [6.45, 7) is 2.68. The average molecular weight is 425 g/mol. The summed E-state index contributed by atoms with van der Waals surface area (Å²) in [6, 6.07) is 13.5. The first-order valence-electron chi connectivity index (χ1n) is 8.21. The monoisotopic (exact) mass is 423 g/mol. The van der Waals surface area contributed by atoms with Gasteiger partial charge in [-0.2, -0.15) is 0 Å². The molecule has 0 unspecified atom stereocenters. The van der Waals surface area contributed by atoms with E-state index in [2.05, 4.69) is 4.98 Å². The van der Waals surface area contributed by atoms with Crippen LogP contribution in [0.3, 0.4) is 0 Å². The van der Waals surface area contributed by atoms with E-state index in [1.807, 2.05) is 48.3 Å². The molecule has 27 heavy (non-hydrogen) atoms. The highest BCUT2D eigenvalue weighted by molar-refractivity contribution is 6.45. The number of carbonyl (C=O) groups excluding carboxylic acids is 1. The molecule has 0 aliphatic carbocycles. The molecule has 0 saturated heterocycles. The number of rotatable bonds is 5. The van der Waals surface area contributed by atoms with Gasteiger partial charge in [0.2, 0.25) is 0 Å². The van der Waals surface area contributed by atoms with E-state index in [1.165, 1.54) is 6.20 Å². The minimum Gasteiger partial charge on any atom is -1.00 e. The Balaban J connectivity index is 0.00000261. The summed E-state index contributed by atoms with van der Waals surface area (Å²) >= 11 is 12.5. The molecule has 3 aromatic rings. The Kier molecular flexibility index (Phi) is 7.31. The number of halogens is 3. The molecule has 2 aromatic carbocycles. The first kappa shape index (κ1) is 21.3. The number of ether oxygens (including phenoxy) is 1. The second kappa shape index (κ2) is 9.27. The Morgan fingerprint density at radius 1 is 1.15 bits per heavy atom. The molecule has 1 heterocycles. The predicted octanol–water partition coefficient (Wildman–Crippen LogP) is 2.36. The minimum atomic E-state index is -0.414. The molecule has 0 bridgehead atoms. The topological polar surface area (TPSA) is 42.4 Å². The van der Waals surface area contributed by atoms with Crippen molar-refractivity contribution in [3.05, 3.63) is 69.8 Å². The molecule has 0 aliphatic rings. The first-order chi connectivity index (χ1) is 12.5. The number of esters is 1. The lowest BCUT2D eigenvalue weighted by atomic mass is 10.1. The van der Waals surface area contributed by atoms with E-state index in [1.54, 1.807) is 13.0 Å². The lowest BCUT2D eigenvalue weighted by Crippen LogP contribution is -3.00. The zero-order chi connectivity index (χ0) is 18.7. The van der Waals surface area contributed by atoms with Gasteiger partial charge in [-0.25, -0.2) is 4.79 Å². The van der Waals surface area contributed by atoms with E-state index in [0.29, 0.717) is 34.3 Å². The van der Waals surface area contributed by atoms with Gasteiger partial charge in [0.05, 0.1) is 27.9 Å². The Hall–Kier alpha value is -2.01. The van der Waals surface area contributed by atoms with Crippen molar-refractivity contribution in [1.82, 2.24) is 4.98 Å². The molecule has 142 valence electrons. The summed E-state index contributed by atoms with van der Waals surface area (Å²) in [6.07, 6.45) is 1.50. The fourth-order valence-corrected chi connectivity index (χ4v) is 3.26. The van der Waals surface area contributed by atoms with Crippen LogP contribution >= 0.6 is 23.2 Å². The van der Waals surface area contributed by atoms with Crippen LogP contribution in [0.1, 0.15) is 22.8 Å². The average Bonchev–Trinajstić information content (AvgIpc) is 2.64. The number of hydrogen-bond acceptors (Lipinski definition) is 4. The second-order valence-corrected chi connectivity index (χ2v) is 6.63. The van der Waals surface area contributed by atoms with E-state index >= 15 is 0 Å². The van der Waals surface area contributed by atoms with Crippen molar-refractivity contribution in [1.29, 1.82) is 0 Å². The number of nitrogens with zero attached hydrogens (tertiary/aromatic N) is 2. The number of fused-ring (bicyclic) bond motifs is 1. The van der Waals surface area contributed by atoms with Gasteiger partial charge in [-0.15, -0.1) is 0 Å². The largest absolute Gasteiger partial charge is 1.00 e. The Bertz CT molecular complexity index is 949. The van der Waals surface area contributed by atoms with Crippen molar-refractivity contribution >= 4 is 45.8 Å². The van der Waals surface area contributed by atoms with Crippen molar-refractivity contribution in [2.24, 2.45) is 0 Å². The number of pyridine rings is 1. The summed E-state index contributed by atoms with van der Waals surface area (Å²) in [7, 11) is 1.92. The van der Waals surface area contributed by atoms with Crippen LogP contribution in [0.4, 0.5) is 5.69 Å². The van der Waals surface area contributed by atoms with E-state index in [9.17, 15) is 4.79 Å². The molecule has 3 rings (SSSR count). The van der Waals surface area contributed by atoms with Crippen LogP contribution in [0.15, 0.2) is 48.7 Å². The van der Waals surface area contributed by atoms with Crippen molar-refractivity contribution in [3.63, 3.8) is 0 Å². The number of anilines is 1. The molecule has 0 radical (unpaired) electrons. The van der Waals surface area contributed by atoms with Crippen molar-refractivity contribution in [2.45, 2.75) is 13.5 Å². The van der Waals surface area contributed by atoms with Crippen molar-refractivity contribution in [2.75, 3.05) is 18.6 Å². The predicted molar refractivity (Wildman–Crippen MR) is 106 cm³/mol. The number of aromatic nitrogens is 1. The zero-order valence-corrected chi connectivity index (χ0v) is 17.1. The zero-order valence-electron chi connectivity index (χ0n) is 14.9. The van der Waals surface area contributed by atoms with E-state index < -0.39 is 5.97 Å². The van der Waals surface area contributed by atoms with E-state index in [0.717, 1.165) is 16.6 Å². The van der Waals surface area contributed by atoms with E-state index in [4.69, 9.17) is 27.9 Å². The van der Waals surface area contributed by atoms with Crippen molar-refractivity contribution in [3.8, 4) is 0 Å². The number of benzene rings is 2. The van der Waals surface area contributed by atoms with Gasteiger partial charge in [-0.3, -0.25) is 4.98 Å². The molecule has 0 saturated carbocycles. The molecule has 0 N–H and O–H groups in total.